The lowest BCUT2D eigenvalue weighted by Crippen LogP contribution is -2.25. The molecule has 0 bridgehead atoms. The van der Waals surface area contributed by atoms with Gasteiger partial charge in [0.15, 0.2) is 9.84 Å². The standard InChI is InChI=1S/C18H29NO5S/c1-14(2)12-15(3)24-10-8-18(21)19-13-16-4-6-17(7-5-16)25(22,23)11-9-20/h4-7,14-15,20H,8-13H2,1-3H3,(H,19,21)/t15-/m1/s1. The monoisotopic (exact) mass is 371 g/mol. The molecule has 1 atom stereocenters. The van der Waals surface area contributed by atoms with Gasteiger partial charge in [-0.2, -0.15) is 0 Å². The highest BCUT2D eigenvalue weighted by Crippen LogP contribution is 2.12. The molecule has 2 N–H and O–H groups in total. The summed E-state index contributed by atoms with van der Waals surface area (Å²) in [6.45, 7) is 6.58. The molecular weight excluding hydrogens is 342 g/mol. The van der Waals surface area contributed by atoms with Crippen LogP contribution in [0, 0.1) is 5.92 Å². The van der Waals surface area contributed by atoms with E-state index in [9.17, 15) is 13.2 Å². The quantitative estimate of drug-likeness (QED) is 0.620. The Kier molecular flexibility index (Phi) is 9.10. The van der Waals surface area contributed by atoms with Crippen LogP contribution in [-0.4, -0.2) is 44.5 Å². The van der Waals surface area contributed by atoms with Crippen molar-refractivity contribution in [3.8, 4) is 0 Å². The van der Waals surface area contributed by atoms with Crippen molar-refractivity contribution in [3.63, 3.8) is 0 Å². The van der Waals surface area contributed by atoms with Crippen LogP contribution in [0.4, 0.5) is 0 Å². The lowest BCUT2D eigenvalue weighted by molar-refractivity contribution is -0.122. The Balaban J connectivity index is 2.37. The molecule has 0 saturated carbocycles. The molecular formula is C18H29NO5S. The third-order valence-electron chi connectivity index (χ3n) is 3.67. The molecule has 0 aliphatic carbocycles. The molecule has 1 amide bonds. The van der Waals surface area contributed by atoms with Gasteiger partial charge in [0.1, 0.15) is 0 Å². The summed E-state index contributed by atoms with van der Waals surface area (Å²) in [6, 6.07) is 6.30. The Hall–Kier alpha value is -1.44. The predicted octanol–water partition coefficient (Wildman–Crippen LogP) is 1.91. The minimum absolute atomic E-state index is 0.103. The molecule has 0 saturated heterocycles. The molecule has 0 unspecified atom stereocenters. The molecule has 0 fully saturated rings. The van der Waals surface area contributed by atoms with Gasteiger partial charge in [0.05, 0.1) is 30.0 Å². The van der Waals surface area contributed by atoms with Crippen molar-refractivity contribution >= 4 is 15.7 Å². The molecule has 6 nitrogen and oxygen atoms in total. The Bertz CT molecular complexity index is 625. The van der Waals surface area contributed by atoms with Crippen LogP contribution in [0.3, 0.4) is 0 Å². The van der Waals surface area contributed by atoms with Gasteiger partial charge in [0.25, 0.3) is 0 Å². The van der Waals surface area contributed by atoms with Crippen molar-refractivity contribution in [2.75, 3.05) is 19.0 Å². The predicted molar refractivity (Wildman–Crippen MR) is 96.9 cm³/mol. The van der Waals surface area contributed by atoms with Crippen molar-refractivity contribution in [3.05, 3.63) is 29.8 Å². The summed E-state index contributed by atoms with van der Waals surface area (Å²) in [6.07, 6.45) is 1.40. The fourth-order valence-electron chi connectivity index (χ4n) is 2.43. The van der Waals surface area contributed by atoms with Crippen LogP contribution in [-0.2, 0) is 25.9 Å². The van der Waals surface area contributed by atoms with Gasteiger partial charge < -0.3 is 15.2 Å². The maximum atomic E-state index is 11.8. The zero-order chi connectivity index (χ0) is 18.9. The van der Waals surface area contributed by atoms with Crippen LogP contribution in [0.5, 0.6) is 0 Å². The molecule has 0 radical (unpaired) electrons. The third kappa shape index (κ3) is 8.47. The van der Waals surface area contributed by atoms with Crippen LogP contribution in [0.2, 0.25) is 0 Å². The smallest absolute Gasteiger partial charge is 0.222 e. The normalized spacial score (nSPS) is 13.0. The van der Waals surface area contributed by atoms with Gasteiger partial charge in [-0.1, -0.05) is 26.0 Å². The summed E-state index contributed by atoms with van der Waals surface area (Å²) >= 11 is 0. The van der Waals surface area contributed by atoms with E-state index in [0.29, 0.717) is 25.5 Å². The first-order valence-corrected chi connectivity index (χ1v) is 10.2. The lowest BCUT2D eigenvalue weighted by Gasteiger charge is -2.15. The molecule has 7 heteroatoms. The average Bonchev–Trinajstić information content (AvgIpc) is 2.52. The Morgan fingerprint density at radius 2 is 1.84 bits per heavy atom. The molecule has 1 rings (SSSR count). The van der Waals surface area contributed by atoms with E-state index in [-0.39, 0.29) is 22.7 Å². The molecule has 1 aromatic carbocycles. The van der Waals surface area contributed by atoms with Gasteiger partial charge in [-0.3, -0.25) is 4.79 Å². The number of hydrogen-bond donors (Lipinski definition) is 2. The fourth-order valence-corrected chi connectivity index (χ4v) is 3.45. The number of aliphatic hydroxyl groups is 1. The van der Waals surface area contributed by atoms with Gasteiger partial charge in [0, 0.05) is 13.0 Å². The van der Waals surface area contributed by atoms with E-state index in [1.165, 1.54) is 12.1 Å². The van der Waals surface area contributed by atoms with Gasteiger partial charge >= 0.3 is 0 Å². The number of ether oxygens (including phenoxy) is 1. The van der Waals surface area contributed by atoms with Gasteiger partial charge in [0.2, 0.25) is 5.91 Å². The number of hydrogen-bond acceptors (Lipinski definition) is 5. The molecule has 0 aliphatic rings. The summed E-state index contributed by atoms with van der Waals surface area (Å²) in [7, 11) is -3.44. The minimum Gasteiger partial charge on any atom is -0.395 e. The molecule has 25 heavy (non-hydrogen) atoms. The summed E-state index contributed by atoms with van der Waals surface area (Å²) in [5, 5.41) is 11.6. The minimum atomic E-state index is -3.44. The number of carbonyl (C=O) groups is 1. The number of aliphatic hydroxyl groups excluding tert-OH is 1. The topological polar surface area (TPSA) is 92.7 Å². The largest absolute Gasteiger partial charge is 0.395 e. The highest BCUT2D eigenvalue weighted by atomic mass is 32.2. The van der Waals surface area contributed by atoms with E-state index in [0.717, 1.165) is 12.0 Å². The second-order valence-electron chi connectivity index (χ2n) is 6.52. The summed E-state index contributed by atoms with van der Waals surface area (Å²) in [4.78, 5) is 12.0. The number of sulfone groups is 1. The first-order valence-electron chi connectivity index (χ1n) is 8.55. The molecule has 1 aromatic rings. The third-order valence-corrected chi connectivity index (χ3v) is 5.38. The first-order chi connectivity index (χ1) is 11.7. The van der Waals surface area contributed by atoms with Crippen molar-refractivity contribution < 1.29 is 23.1 Å². The zero-order valence-corrected chi connectivity index (χ0v) is 16.0. The van der Waals surface area contributed by atoms with Crippen LogP contribution in [0.15, 0.2) is 29.2 Å². The second kappa shape index (κ2) is 10.5. The summed E-state index contributed by atoms with van der Waals surface area (Å²) < 4.78 is 29.2. The molecule has 0 spiro atoms. The maximum Gasteiger partial charge on any atom is 0.222 e. The Morgan fingerprint density at radius 1 is 1.20 bits per heavy atom. The second-order valence-corrected chi connectivity index (χ2v) is 8.63. The highest BCUT2D eigenvalue weighted by Gasteiger charge is 2.13. The lowest BCUT2D eigenvalue weighted by atomic mass is 10.1. The van der Waals surface area contributed by atoms with E-state index < -0.39 is 16.4 Å². The van der Waals surface area contributed by atoms with Crippen LogP contribution >= 0.6 is 0 Å². The fraction of sp³-hybridized carbons (Fsp3) is 0.611. The van der Waals surface area contributed by atoms with Crippen LogP contribution in [0.1, 0.15) is 39.2 Å². The van der Waals surface area contributed by atoms with Crippen LogP contribution < -0.4 is 5.32 Å². The number of rotatable bonds is 11. The van der Waals surface area contributed by atoms with E-state index in [4.69, 9.17) is 9.84 Å². The van der Waals surface area contributed by atoms with Gasteiger partial charge in [-0.15, -0.1) is 0 Å². The van der Waals surface area contributed by atoms with Gasteiger partial charge in [-0.25, -0.2) is 8.42 Å². The van der Waals surface area contributed by atoms with Crippen molar-refractivity contribution in [2.24, 2.45) is 5.92 Å². The van der Waals surface area contributed by atoms with E-state index in [1.807, 2.05) is 6.92 Å². The van der Waals surface area contributed by atoms with E-state index in [2.05, 4.69) is 19.2 Å². The zero-order valence-electron chi connectivity index (χ0n) is 15.2. The average molecular weight is 371 g/mol. The Morgan fingerprint density at radius 3 is 2.40 bits per heavy atom. The summed E-state index contributed by atoms with van der Waals surface area (Å²) in [5.41, 5.74) is 0.811. The number of amides is 1. The van der Waals surface area contributed by atoms with E-state index in [1.54, 1.807) is 12.1 Å². The highest BCUT2D eigenvalue weighted by molar-refractivity contribution is 7.91. The first kappa shape index (κ1) is 21.6. The SMILES string of the molecule is CC(C)C[C@@H](C)OCCC(=O)NCc1ccc(S(=O)(=O)CCO)cc1. The van der Waals surface area contributed by atoms with E-state index >= 15 is 0 Å². The van der Waals surface area contributed by atoms with Crippen molar-refractivity contribution in [1.82, 2.24) is 5.32 Å². The van der Waals surface area contributed by atoms with Crippen molar-refractivity contribution in [1.29, 1.82) is 0 Å². The number of benzene rings is 1. The molecule has 0 aromatic heterocycles. The maximum absolute atomic E-state index is 11.8. The number of carbonyl (C=O) groups excluding carboxylic acids is 1. The number of nitrogens with one attached hydrogen (secondary N) is 1. The Labute approximate surface area is 150 Å². The molecule has 0 heterocycles. The van der Waals surface area contributed by atoms with Crippen molar-refractivity contribution in [2.45, 2.75) is 51.2 Å². The van der Waals surface area contributed by atoms with Crippen LogP contribution in [0.25, 0.3) is 0 Å². The molecule has 142 valence electrons. The van der Waals surface area contributed by atoms with Gasteiger partial charge in [-0.05, 0) is 37.0 Å². The summed E-state index contributed by atoms with van der Waals surface area (Å²) in [5.74, 6) is 0.167. The molecule has 0 aliphatic heterocycles.